The molecule has 4 heterocycles. The summed E-state index contributed by atoms with van der Waals surface area (Å²) in [5.74, 6) is -1.71. The van der Waals surface area contributed by atoms with Crippen molar-refractivity contribution in [3.63, 3.8) is 0 Å². The van der Waals surface area contributed by atoms with Crippen LogP contribution in [0.25, 0.3) is 43.4 Å². The lowest BCUT2D eigenvalue weighted by Gasteiger charge is -2.26. The first kappa shape index (κ1) is 26.3. The fourth-order valence-corrected chi connectivity index (χ4v) is 5.89. The Labute approximate surface area is 232 Å². The normalized spacial score (nSPS) is 13.6. The van der Waals surface area contributed by atoms with Gasteiger partial charge in [-0.1, -0.05) is 6.07 Å². The fourth-order valence-electron chi connectivity index (χ4n) is 4.92. The Bertz CT molecular complexity index is 1730. The van der Waals surface area contributed by atoms with Gasteiger partial charge in [-0.25, -0.2) is 13.8 Å². The van der Waals surface area contributed by atoms with Gasteiger partial charge in [0.05, 0.1) is 47.7 Å². The van der Waals surface area contributed by atoms with E-state index in [1.807, 2.05) is 36.7 Å². The summed E-state index contributed by atoms with van der Waals surface area (Å²) in [5, 5.41) is 14.1. The maximum absolute atomic E-state index is 15.6. The summed E-state index contributed by atoms with van der Waals surface area (Å²) in [5.41, 5.74) is 3.57. The second-order valence-electron chi connectivity index (χ2n) is 9.66. The summed E-state index contributed by atoms with van der Waals surface area (Å²) < 4.78 is 43.4. The SMILES string of the molecule is COCCOc1cc(F)cc(F)c1-c1c(CNC(=O)C2CNC2)nc(-c2ccc3c(cnn3C)c2)c2ccsc12. The highest BCUT2D eigenvalue weighted by molar-refractivity contribution is 7.17. The summed E-state index contributed by atoms with van der Waals surface area (Å²) in [6.07, 6.45) is 1.79. The molecule has 0 aliphatic carbocycles. The molecule has 0 spiro atoms. The van der Waals surface area contributed by atoms with Gasteiger partial charge in [0, 0.05) is 66.0 Å². The second kappa shape index (κ2) is 10.9. The average Bonchev–Trinajstić information content (AvgIpc) is 3.53. The fraction of sp³-hybridized carbons (Fsp3) is 0.276. The number of hydrogen-bond acceptors (Lipinski definition) is 7. The van der Waals surface area contributed by atoms with Gasteiger partial charge in [-0.05, 0) is 23.6 Å². The molecule has 3 aromatic heterocycles. The third-order valence-corrected chi connectivity index (χ3v) is 8.03. The molecule has 2 N–H and O–H groups in total. The van der Waals surface area contributed by atoms with Crippen molar-refractivity contribution in [2.75, 3.05) is 33.4 Å². The lowest BCUT2D eigenvalue weighted by atomic mass is 9.97. The molecular weight excluding hydrogens is 536 g/mol. The first-order valence-electron chi connectivity index (χ1n) is 12.9. The highest BCUT2D eigenvalue weighted by Gasteiger charge is 2.27. The van der Waals surface area contributed by atoms with Gasteiger partial charge in [0.15, 0.2) is 0 Å². The maximum Gasteiger partial charge on any atom is 0.226 e. The minimum Gasteiger partial charge on any atom is -0.490 e. The van der Waals surface area contributed by atoms with Crippen LogP contribution in [0.15, 0.2) is 48.0 Å². The lowest BCUT2D eigenvalue weighted by molar-refractivity contribution is -0.126. The van der Waals surface area contributed by atoms with Crippen molar-refractivity contribution in [2.24, 2.45) is 13.0 Å². The number of nitrogens with zero attached hydrogens (tertiary/aromatic N) is 3. The minimum atomic E-state index is -0.774. The third kappa shape index (κ3) is 4.80. The van der Waals surface area contributed by atoms with Gasteiger partial charge in [-0.15, -0.1) is 11.3 Å². The van der Waals surface area contributed by atoms with Crippen LogP contribution in [0, 0.1) is 17.6 Å². The number of methoxy groups -OCH3 is 1. The number of pyridine rings is 1. The summed E-state index contributed by atoms with van der Waals surface area (Å²) in [6, 6.07) is 9.92. The predicted molar refractivity (Wildman–Crippen MR) is 150 cm³/mol. The molecule has 1 aliphatic heterocycles. The van der Waals surface area contributed by atoms with Crippen LogP contribution >= 0.6 is 11.3 Å². The van der Waals surface area contributed by atoms with E-state index in [1.54, 1.807) is 10.9 Å². The molecule has 0 radical (unpaired) electrons. The van der Waals surface area contributed by atoms with E-state index in [0.717, 1.165) is 32.6 Å². The van der Waals surface area contributed by atoms with Crippen molar-refractivity contribution < 1.29 is 23.0 Å². The Morgan fingerprint density at radius 2 is 2.02 bits per heavy atom. The Morgan fingerprint density at radius 3 is 2.80 bits per heavy atom. The molecule has 1 amide bonds. The van der Waals surface area contributed by atoms with Crippen molar-refractivity contribution in [1.82, 2.24) is 25.4 Å². The van der Waals surface area contributed by atoms with Crippen LogP contribution in [0.4, 0.5) is 8.78 Å². The zero-order chi connectivity index (χ0) is 27.8. The average molecular weight is 564 g/mol. The number of fused-ring (bicyclic) bond motifs is 2. The number of benzene rings is 2. The molecule has 8 nitrogen and oxygen atoms in total. The second-order valence-corrected chi connectivity index (χ2v) is 10.6. The molecular formula is C29H27F2N5O3S. The molecule has 1 aliphatic rings. The molecule has 1 saturated heterocycles. The van der Waals surface area contributed by atoms with Crippen LogP contribution in [0.1, 0.15) is 5.69 Å². The van der Waals surface area contributed by atoms with Gasteiger partial charge in [0.25, 0.3) is 0 Å². The van der Waals surface area contributed by atoms with Gasteiger partial charge in [-0.2, -0.15) is 5.10 Å². The molecule has 206 valence electrons. The molecule has 2 aromatic carbocycles. The van der Waals surface area contributed by atoms with E-state index in [0.29, 0.717) is 30.0 Å². The topological polar surface area (TPSA) is 90.3 Å². The summed E-state index contributed by atoms with van der Waals surface area (Å²) in [4.78, 5) is 17.8. The monoisotopic (exact) mass is 563 g/mol. The van der Waals surface area contributed by atoms with Crippen molar-refractivity contribution in [1.29, 1.82) is 0 Å². The number of rotatable bonds is 9. The van der Waals surface area contributed by atoms with E-state index >= 15 is 4.39 Å². The van der Waals surface area contributed by atoms with Crippen LogP contribution in [0.2, 0.25) is 0 Å². The Morgan fingerprint density at radius 1 is 1.18 bits per heavy atom. The van der Waals surface area contributed by atoms with E-state index < -0.39 is 11.6 Å². The lowest BCUT2D eigenvalue weighted by Crippen LogP contribution is -2.50. The smallest absolute Gasteiger partial charge is 0.226 e. The maximum atomic E-state index is 15.6. The van der Waals surface area contributed by atoms with Gasteiger partial charge in [-0.3, -0.25) is 9.48 Å². The van der Waals surface area contributed by atoms with E-state index in [-0.39, 0.29) is 42.9 Å². The molecule has 11 heteroatoms. The highest BCUT2D eigenvalue weighted by Crippen LogP contribution is 2.44. The van der Waals surface area contributed by atoms with Crippen LogP contribution in [-0.4, -0.2) is 54.1 Å². The first-order chi connectivity index (χ1) is 19.4. The van der Waals surface area contributed by atoms with Gasteiger partial charge in [0.2, 0.25) is 5.91 Å². The molecule has 0 atom stereocenters. The van der Waals surface area contributed by atoms with Gasteiger partial charge in [0.1, 0.15) is 24.0 Å². The number of carbonyl (C=O) groups is 1. The molecule has 0 unspecified atom stereocenters. The number of hydrogen-bond donors (Lipinski definition) is 2. The van der Waals surface area contributed by atoms with Gasteiger partial charge >= 0.3 is 0 Å². The van der Waals surface area contributed by atoms with Crippen LogP contribution in [0.5, 0.6) is 5.75 Å². The molecule has 6 rings (SSSR count). The van der Waals surface area contributed by atoms with Crippen LogP contribution in [0.3, 0.4) is 0 Å². The van der Waals surface area contributed by atoms with E-state index in [2.05, 4.69) is 15.7 Å². The first-order valence-corrected chi connectivity index (χ1v) is 13.7. The van der Waals surface area contributed by atoms with Crippen molar-refractivity contribution in [3.05, 3.63) is 65.3 Å². The summed E-state index contributed by atoms with van der Waals surface area (Å²) in [6.45, 7) is 1.64. The Balaban J connectivity index is 1.54. The number of thiophene rings is 1. The number of ether oxygens (including phenoxy) is 2. The van der Waals surface area contributed by atoms with E-state index in [9.17, 15) is 9.18 Å². The van der Waals surface area contributed by atoms with Crippen LogP contribution < -0.4 is 15.4 Å². The van der Waals surface area contributed by atoms with Crippen molar-refractivity contribution in [2.45, 2.75) is 6.54 Å². The molecule has 0 saturated carbocycles. The number of carbonyl (C=O) groups excluding carboxylic acids is 1. The molecule has 1 fully saturated rings. The zero-order valence-electron chi connectivity index (χ0n) is 22.0. The summed E-state index contributed by atoms with van der Waals surface area (Å²) >= 11 is 1.43. The molecule has 0 bridgehead atoms. The number of aryl methyl sites for hydroxylation is 1. The van der Waals surface area contributed by atoms with Crippen molar-refractivity contribution >= 4 is 38.2 Å². The number of aromatic nitrogens is 3. The van der Waals surface area contributed by atoms with Crippen molar-refractivity contribution in [3.8, 4) is 28.1 Å². The Hall–Kier alpha value is -3.93. The van der Waals surface area contributed by atoms with E-state index in [1.165, 1.54) is 24.5 Å². The zero-order valence-corrected chi connectivity index (χ0v) is 22.8. The van der Waals surface area contributed by atoms with E-state index in [4.69, 9.17) is 14.5 Å². The number of nitrogens with one attached hydrogen (secondary N) is 2. The van der Waals surface area contributed by atoms with Gasteiger partial charge < -0.3 is 20.1 Å². The van der Waals surface area contributed by atoms with Crippen LogP contribution in [-0.2, 0) is 23.1 Å². The molecule has 40 heavy (non-hydrogen) atoms. The number of amides is 1. The molecule has 5 aromatic rings. The largest absolute Gasteiger partial charge is 0.490 e. The predicted octanol–water partition coefficient (Wildman–Crippen LogP) is 4.66. The number of halogens is 2. The Kier molecular flexibility index (Phi) is 7.18. The summed E-state index contributed by atoms with van der Waals surface area (Å²) in [7, 11) is 3.41. The third-order valence-electron chi connectivity index (χ3n) is 7.10. The minimum absolute atomic E-state index is 0.0475. The highest BCUT2D eigenvalue weighted by atomic mass is 32.1. The standard InChI is InChI=1S/C29H27F2N5O3S/c1-36-23-4-3-16(9-17(23)14-34-36)27-20-5-8-40-28(20)26(22(35-27)15-33-29(37)18-12-32-13-18)25-21(31)10-19(30)11-24(25)39-7-6-38-2/h3-5,8-11,14,18,32H,6-7,12-13,15H2,1-2H3,(H,33,37). The quantitative estimate of drug-likeness (QED) is 0.254.